The van der Waals surface area contributed by atoms with Gasteiger partial charge in [0.2, 0.25) is 0 Å². The van der Waals surface area contributed by atoms with Crippen LogP contribution in [0.4, 0.5) is 0 Å². The first kappa shape index (κ1) is 19.4. The van der Waals surface area contributed by atoms with Gasteiger partial charge >= 0.3 is 0 Å². The van der Waals surface area contributed by atoms with Crippen LogP contribution in [0.25, 0.3) is 0 Å². The second-order valence-corrected chi connectivity index (χ2v) is 7.73. The summed E-state index contributed by atoms with van der Waals surface area (Å²) in [6.45, 7) is 6.72. The minimum absolute atomic E-state index is 0.300. The van der Waals surface area contributed by atoms with Crippen LogP contribution in [-0.2, 0) is 0 Å². The van der Waals surface area contributed by atoms with Crippen LogP contribution in [0.15, 0.2) is 24.3 Å². The van der Waals surface area contributed by atoms with Gasteiger partial charge in [-0.3, -0.25) is 0 Å². The zero-order valence-electron chi connectivity index (χ0n) is 15.7. The lowest BCUT2D eigenvalue weighted by Gasteiger charge is -2.18. The standard InChI is InChI=1S/C20H32N2O4/c23-17(13-21-8-1-2-9-21)15-25-19-6-5-7-20(12-19)26-16-18(24)14-22-10-3-4-11-22/h5-7,12,17-18,23-24H,1-4,8-11,13-16H2/p+2/t17-,18-/m1/s1. The van der Waals surface area contributed by atoms with Gasteiger partial charge in [0.25, 0.3) is 0 Å². The minimum atomic E-state index is -0.446. The maximum absolute atomic E-state index is 10.1. The highest BCUT2D eigenvalue weighted by Crippen LogP contribution is 2.19. The highest BCUT2D eigenvalue weighted by molar-refractivity contribution is 5.32. The third kappa shape index (κ3) is 6.43. The molecule has 2 fully saturated rings. The van der Waals surface area contributed by atoms with Crippen molar-refractivity contribution >= 4 is 0 Å². The van der Waals surface area contributed by atoms with E-state index in [0.717, 1.165) is 39.3 Å². The smallest absolute Gasteiger partial charge is 0.137 e. The number of quaternary nitrogens is 2. The molecule has 2 aliphatic rings. The number of rotatable bonds is 10. The van der Waals surface area contributed by atoms with Crippen molar-refractivity contribution in [3.8, 4) is 11.5 Å². The molecular weight excluding hydrogens is 332 g/mol. The second-order valence-electron chi connectivity index (χ2n) is 7.73. The summed E-state index contributed by atoms with van der Waals surface area (Å²) >= 11 is 0. The van der Waals surface area contributed by atoms with E-state index < -0.39 is 12.2 Å². The van der Waals surface area contributed by atoms with E-state index in [1.807, 2.05) is 24.3 Å². The number of benzene rings is 1. The van der Waals surface area contributed by atoms with Crippen LogP contribution >= 0.6 is 0 Å². The van der Waals surface area contributed by atoms with Crippen LogP contribution in [0.2, 0.25) is 0 Å². The summed E-state index contributed by atoms with van der Waals surface area (Å²) in [4.78, 5) is 2.93. The third-order valence-corrected chi connectivity index (χ3v) is 5.36. The molecule has 6 nitrogen and oxygen atoms in total. The van der Waals surface area contributed by atoms with Crippen LogP contribution in [0.3, 0.4) is 0 Å². The van der Waals surface area contributed by atoms with Crippen molar-refractivity contribution in [2.24, 2.45) is 0 Å². The average Bonchev–Trinajstić information content (AvgIpc) is 3.33. The number of hydrogen-bond donors (Lipinski definition) is 4. The molecule has 0 radical (unpaired) electrons. The summed E-state index contributed by atoms with van der Waals surface area (Å²) in [6.07, 6.45) is 4.14. The number of nitrogens with one attached hydrogen (secondary N) is 2. The highest BCUT2D eigenvalue weighted by atomic mass is 16.5. The number of aliphatic hydroxyl groups is 2. The Bertz CT molecular complexity index is 487. The van der Waals surface area contributed by atoms with Crippen LogP contribution in [0, 0.1) is 0 Å². The van der Waals surface area contributed by atoms with Crippen molar-refractivity contribution in [1.82, 2.24) is 0 Å². The molecule has 0 unspecified atom stereocenters. The molecule has 0 spiro atoms. The molecule has 2 saturated heterocycles. The molecule has 2 aliphatic heterocycles. The van der Waals surface area contributed by atoms with Gasteiger partial charge in [0, 0.05) is 31.7 Å². The Kier molecular flexibility index (Phi) is 7.55. The van der Waals surface area contributed by atoms with Gasteiger partial charge in [-0.25, -0.2) is 0 Å². The summed E-state index contributed by atoms with van der Waals surface area (Å²) in [7, 11) is 0. The lowest BCUT2D eigenvalue weighted by molar-refractivity contribution is -0.890. The topological polar surface area (TPSA) is 67.8 Å². The SMILES string of the molecule is O[C@@H](COc1cccc(OC[C@H](O)C[NH+]2CCCC2)c1)C[NH+]1CCCC1. The molecular formula is C20H34N2O4+2. The molecule has 1 aromatic carbocycles. The zero-order valence-corrected chi connectivity index (χ0v) is 15.7. The predicted molar refractivity (Wildman–Crippen MR) is 99.0 cm³/mol. The van der Waals surface area contributed by atoms with Crippen LogP contribution in [-0.4, -0.2) is 74.9 Å². The Morgan fingerprint density at radius 3 is 1.62 bits per heavy atom. The van der Waals surface area contributed by atoms with E-state index in [2.05, 4.69) is 0 Å². The minimum Gasteiger partial charge on any atom is -0.491 e. The molecule has 0 aliphatic carbocycles. The number of hydrogen-bond acceptors (Lipinski definition) is 4. The van der Waals surface area contributed by atoms with Crippen molar-refractivity contribution in [3.05, 3.63) is 24.3 Å². The first-order valence-corrected chi connectivity index (χ1v) is 10.1. The van der Waals surface area contributed by atoms with E-state index in [1.165, 1.54) is 35.5 Å². The fourth-order valence-electron chi connectivity index (χ4n) is 3.98. The van der Waals surface area contributed by atoms with Crippen molar-refractivity contribution in [1.29, 1.82) is 0 Å². The van der Waals surface area contributed by atoms with Gasteiger partial charge in [0.05, 0.1) is 26.2 Å². The quantitative estimate of drug-likeness (QED) is 0.408. The van der Waals surface area contributed by atoms with Gasteiger partial charge in [0.1, 0.15) is 50.0 Å². The van der Waals surface area contributed by atoms with E-state index in [0.29, 0.717) is 24.7 Å². The highest BCUT2D eigenvalue weighted by Gasteiger charge is 2.21. The predicted octanol–water partition coefficient (Wildman–Crippen LogP) is -1.48. The summed E-state index contributed by atoms with van der Waals surface area (Å²) in [5.41, 5.74) is 0. The largest absolute Gasteiger partial charge is 0.491 e. The maximum atomic E-state index is 10.1. The molecule has 0 bridgehead atoms. The Hall–Kier alpha value is -1.34. The Morgan fingerprint density at radius 2 is 1.19 bits per heavy atom. The van der Waals surface area contributed by atoms with Gasteiger partial charge < -0.3 is 29.5 Å². The number of aliphatic hydroxyl groups excluding tert-OH is 2. The Balaban J connectivity index is 1.37. The molecule has 0 amide bonds. The van der Waals surface area contributed by atoms with E-state index >= 15 is 0 Å². The van der Waals surface area contributed by atoms with Crippen molar-refractivity contribution in [2.75, 3.05) is 52.5 Å². The monoisotopic (exact) mass is 366 g/mol. The fourth-order valence-corrected chi connectivity index (χ4v) is 3.98. The summed E-state index contributed by atoms with van der Waals surface area (Å²) < 4.78 is 11.4. The number of likely N-dealkylation sites (tertiary alicyclic amines) is 2. The molecule has 0 saturated carbocycles. The Labute approximate surface area is 156 Å². The van der Waals surface area contributed by atoms with Gasteiger partial charge in [-0.15, -0.1) is 0 Å². The third-order valence-electron chi connectivity index (χ3n) is 5.36. The fraction of sp³-hybridized carbons (Fsp3) is 0.700. The van der Waals surface area contributed by atoms with E-state index in [9.17, 15) is 10.2 Å². The molecule has 3 rings (SSSR count). The second kappa shape index (κ2) is 10.1. The molecule has 146 valence electrons. The lowest BCUT2D eigenvalue weighted by atomic mass is 10.3. The molecule has 4 N–H and O–H groups in total. The van der Waals surface area contributed by atoms with Crippen molar-refractivity contribution < 1.29 is 29.5 Å². The average molecular weight is 367 g/mol. The molecule has 6 heteroatoms. The zero-order chi connectivity index (χ0) is 18.2. The number of ether oxygens (including phenoxy) is 2. The summed E-state index contributed by atoms with van der Waals surface area (Å²) in [5, 5.41) is 20.3. The van der Waals surface area contributed by atoms with Gasteiger partial charge in [-0.05, 0) is 12.1 Å². The van der Waals surface area contributed by atoms with Gasteiger partial charge in [-0.1, -0.05) is 6.07 Å². The van der Waals surface area contributed by atoms with E-state index in [1.54, 1.807) is 0 Å². The van der Waals surface area contributed by atoms with Crippen LogP contribution < -0.4 is 19.3 Å². The van der Waals surface area contributed by atoms with Gasteiger partial charge in [-0.2, -0.15) is 0 Å². The van der Waals surface area contributed by atoms with Crippen LogP contribution in [0.5, 0.6) is 11.5 Å². The van der Waals surface area contributed by atoms with Crippen molar-refractivity contribution in [2.45, 2.75) is 37.9 Å². The molecule has 26 heavy (non-hydrogen) atoms. The summed E-state index contributed by atoms with van der Waals surface area (Å²) in [5.74, 6) is 1.38. The normalized spacial score (nSPS) is 21.0. The van der Waals surface area contributed by atoms with E-state index in [-0.39, 0.29) is 0 Å². The maximum Gasteiger partial charge on any atom is 0.137 e. The molecule has 0 aromatic heterocycles. The molecule has 1 aromatic rings. The summed E-state index contributed by atoms with van der Waals surface area (Å²) in [6, 6.07) is 7.44. The van der Waals surface area contributed by atoms with Gasteiger partial charge in [0.15, 0.2) is 0 Å². The molecule has 2 heterocycles. The van der Waals surface area contributed by atoms with Crippen molar-refractivity contribution in [3.63, 3.8) is 0 Å². The Morgan fingerprint density at radius 1 is 0.769 bits per heavy atom. The lowest BCUT2D eigenvalue weighted by Crippen LogP contribution is -3.11. The van der Waals surface area contributed by atoms with E-state index in [4.69, 9.17) is 9.47 Å². The first-order chi connectivity index (χ1) is 12.7. The first-order valence-electron chi connectivity index (χ1n) is 10.1. The van der Waals surface area contributed by atoms with Crippen LogP contribution in [0.1, 0.15) is 25.7 Å². The molecule has 2 atom stereocenters.